The Bertz CT molecular complexity index is 638. The summed E-state index contributed by atoms with van der Waals surface area (Å²) in [7, 11) is 1.44. The van der Waals surface area contributed by atoms with E-state index in [1.54, 1.807) is 0 Å². The molecular formula is C23H29NO2. The summed E-state index contributed by atoms with van der Waals surface area (Å²) in [4.78, 5) is 16.9. The van der Waals surface area contributed by atoms with Crippen LogP contribution in [0.25, 0.3) is 0 Å². The van der Waals surface area contributed by atoms with E-state index in [2.05, 4.69) is 31.2 Å². The Morgan fingerprint density at radius 2 is 1.50 bits per heavy atom. The average molecular weight is 351 g/mol. The number of methoxy groups -OCH3 is 1. The van der Waals surface area contributed by atoms with Gasteiger partial charge in [-0.3, -0.25) is 9.79 Å². The van der Waals surface area contributed by atoms with Crippen LogP contribution in [0.3, 0.4) is 0 Å². The van der Waals surface area contributed by atoms with Crippen molar-refractivity contribution < 1.29 is 9.53 Å². The summed E-state index contributed by atoms with van der Waals surface area (Å²) >= 11 is 0. The first-order valence-corrected chi connectivity index (χ1v) is 9.50. The summed E-state index contributed by atoms with van der Waals surface area (Å²) in [6.45, 7) is 2.20. The number of unbranched alkanes of at least 4 members (excludes halogenated alkanes) is 3. The fourth-order valence-corrected chi connectivity index (χ4v) is 2.99. The monoisotopic (exact) mass is 351 g/mol. The summed E-state index contributed by atoms with van der Waals surface area (Å²) in [6, 6.07) is 20.3. The fourth-order valence-electron chi connectivity index (χ4n) is 2.99. The Balaban J connectivity index is 2.30. The van der Waals surface area contributed by atoms with Crippen molar-refractivity contribution in [2.24, 2.45) is 4.99 Å². The van der Waals surface area contributed by atoms with E-state index < -0.39 is 0 Å². The third-order valence-corrected chi connectivity index (χ3v) is 4.43. The molecule has 3 nitrogen and oxygen atoms in total. The molecule has 2 aromatic rings. The zero-order valence-electron chi connectivity index (χ0n) is 15.9. The highest BCUT2D eigenvalue weighted by Gasteiger charge is 2.16. The Morgan fingerprint density at radius 3 is 2.00 bits per heavy atom. The molecule has 0 saturated heterocycles. The van der Waals surface area contributed by atoms with Crippen LogP contribution in [0.2, 0.25) is 0 Å². The number of rotatable bonds is 10. The molecule has 0 amide bonds. The summed E-state index contributed by atoms with van der Waals surface area (Å²) < 4.78 is 4.89. The van der Waals surface area contributed by atoms with Gasteiger partial charge in [0.05, 0.1) is 25.3 Å². The highest BCUT2D eigenvalue weighted by Crippen LogP contribution is 2.17. The third-order valence-electron chi connectivity index (χ3n) is 4.43. The predicted molar refractivity (Wildman–Crippen MR) is 108 cm³/mol. The van der Waals surface area contributed by atoms with E-state index in [0.29, 0.717) is 6.42 Å². The smallest absolute Gasteiger partial charge is 0.307 e. The molecule has 1 atom stereocenters. The van der Waals surface area contributed by atoms with Gasteiger partial charge in [-0.25, -0.2) is 0 Å². The molecule has 0 aliphatic heterocycles. The number of ether oxygens (including phenoxy) is 1. The van der Waals surface area contributed by atoms with Gasteiger partial charge in [-0.15, -0.1) is 0 Å². The summed E-state index contributed by atoms with van der Waals surface area (Å²) in [5.74, 6) is -0.199. The van der Waals surface area contributed by atoms with Crippen molar-refractivity contribution in [1.82, 2.24) is 0 Å². The lowest BCUT2D eigenvalue weighted by Gasteiger charge is -2.15. The lowest BCUT2D eigenvalue weighted by atomic mass is 10.00. The van der Waals surface area contributed by atoms with Gasteiger partial charge in [-0.05, 0) is 6.42 Å². The van der Waals surface area contributed by atoms with E-state index in [9.17, 15) is 4.79 Å². The van der Waals surface area contributed by atoms with E-state index in [4.69, 9.17) is 9.73 Å². The molecule has 3 heteroatoms. The molecule has 1 unspecified atom stereocenters. The van der Waals surface area contributed by atoms with Crippen molar-refractivity contribution in [2.75, 3.05) is 7.11 Å². The Labute approximate surface area is 157 Å². The molecule has 0 aliphatic rings. The van der Waals surface area contributed by atoms with Gasteiger partial charge in [-0.1, -0.05) is 93.3 Å². The highest BCUT2D eigenvalue weighted by atomic mass is 16.5. The fraction of sp³-hybridized carbons (Fsp3) is 0.391. The molecule has 0 radical (unpaired) electrons. The maximum absolute atomic E-state index is 11.9. The van der Waals surface area contributed by atoms with Crippen LogP contribution in [0.15, 0.2) is 65.7 Å². The maximum Gasteiger partial charge on any atom is 0.307 e. The molecule has 0 heterocycles. The van der Waals surface area contributed by atoms with Crippen molar-refractivity contribution in [3.05, 3.63) is 71.8 Å². The molecule has 2 aromatic carbocycles. The van der Waals surface area contributed by atoms with E-state index in [1.165, 1.54) is 26.4 Å². The van der Waals surface area contributed by atoms with Crippen molar-refractivity contribution in [3.63, 3.8) is 0 Å². The lowest BCUT2D eigenvalue weighted by molar-refractivity contribution is -0.141. The molecule has 0 fully saturated rings. The lowest BCUT2D eigenvalue weighted by Crippen LogP contribution is -2.17. The molecule has 0 N–H and O–H groups in total. The second-order valence-corrected chi connectivity index (χ2v) is 6.49. The van der Waals surface area contributed by atoms with Crippen LogP contribution >= 0.6 is 0 Å². The van der Waals surface area contributed by atoms with Gasteiger partial charge in [0.1, 0.15) is 0 Å². The third kappa shape index (κ3) is 6.47. The van der Waals surface area contributed by atoms with Crippen LogP contribution < -0.4 is 0 Å². The number of esters is 1. The molecule has 0 aromatic heterocycles. The number of benzene rings is 2. The standard InChI is InChI=1S/C23H29NO2/c1-3-4-5-12-17-21(18-22(25)26-2)24-23(19-13-8-6-9-14-19)20-15-10-7-11-16-20/h6-11,13-16,21H,3-5,12,17-18H2,1-2H3. The van der Waals surface area contributed by atoms with Crippen molar-refractivity contribution in [2.45, 2.75) is 51.5 Å². The Kier molecular flexibility index (Phi) is 8.61. The number of carbonyl (C=O) groups excluding carboxylic acids is 1. The van der Waals surface area contributed by atoms with Crippen molar-refractivity contribution in [3.8, 4) is 0 Å². The van der Waals surface area contributed by atoms with Gasteiger partial charge in [0, 0.05) is 11.1 Å². The second-order valence-electron chi connectivity index (χ2n) is 6.49. The van der Waals surface area contributed by atoms with Gasteiger partial charge < -0.3 is 4.74 Å². The predicted octanol–water partition coefficient (Wildman–Crippen LogP) is 5.43. The normalized spacial score (nSPS) is 11.6. The number of carbonyl (C=O) groups is 1. The number of nitrogens with zero attached hydrogens (tertiary/aromatic N) is 1. The quantitative estimate of drug-likeness (QED) is 0.325. The van der Waals surface area contributed by atoms with Crippen LogP contribution in [0.4, 0.5) is 0 Å². The average Bonchev–Trinajstić information content (AvgIpc) is 2.70. The second kappa shape index (κ2) is 11.2. The largest absolute Gasteiger partial charge is 0.469 e. The molecular weight excluding hydrogens is 322 g/mol. The van der Waals surface area contributed by atoms with Crippen LogP contribution in [0.5, 0.6) is 0 Å². The summed E-state index contributed by atoms with van der Waals surface area (Å²) in [5, 5.41) is 0. The van der Waals surface area contributed by atoms with Crippen LogP contribution in [0, 0.1) is 0 Å². The van der Waals surface area contributed by atoms with E-state index in [0.717, 1.165) is 29.7 Å². The first kappa shape index (κ1) is 19.9. The maximum atomic E-state index is 11.9. The van der Waals surface area contributed by atoms with Gasteiger partial charge in [-0.2, -0.15) is 0 Å². The Hall–Kier alpha value is -2.42. The summed E-state index contributed by atoms with van der Waals surface area (Å²) in [6.07, 6.45) is 5.90. The van der Waals surface area contributed by atoms with Crippen molar-refractivity contribution in [1.29, 1.82) is 0 Å². The first-order chi connectivity index (χ1) is 12.7. The van der Waals surface area contributed by atoms with Gasteiger partial charge in [0.2, 0.25) is 0 Å². The molecule has 0 bridgehead atoms. The van der Waals surface area contributed by atoms with E-state index >= 15 is 0 Å². The van der Waals surface area contributed by atoms with Gasteiger partial charge >= 0.3 is 5.97 Å². The number of hydrogen-bond acceptors (Lipinski definition) is 3. The van der Waals surface area contributed by atoms with Gasteiger partial charge in [0.25, 0.3) is 0 Å². The van der Waals surface area contributed by atoms with E-state index in [-0.39, 0.29) is 12.0 Å². The van der Waals surface area contributed by atoms with Crippen LogP contribution in [-0.2, 0) is 9.53 Å². The van der Waals surface area contributed by atoms with E-state index in [1.807, 2.05) is 36.4 Å². The topological polar surface area (TPSA) is 38.7 Å². The molecule has 138 valence electrons. The molecule has 0 spiro atoms. The molecule has 26 heavy (non-hydrogen) atoms. The Morgan fingerprint density at radius 1 is 0.923 bits per heavy atom. The zero-order chi connectivity index (χ0) is 18.6. The van der Waals surface area contributed by atoms with Crippen LogP contribution in [-0.4, -0.2) is 24.8 Å². The minimum absolute atomic E-state index is 0.0604. The molecule has 0 aliphatic carbocycles. The highest BCUT2D eigenvalue weighted by molar-refractivity contribution is 6.13. The van der Waals surface area contributed by atoms with Gasteiger partial charge in [0.15, 0.2) is 0 Å². The number of aliphatic imine (C=N–C) groups is 1. The number of hydrogen-bond donors (Lipinski definition) is 0. The minimum atomic E-state index is -0.199. The SMILES string of the molecule is CCCCCCC(CC(=O)OC)N=C(c1ccccc1)c1ccccc1. The summed E-state index contributed by atoms with van der Waals surface area (Å²) in [5.41, 5.74) is 3.08. The van der Waals surface area contributed by atoms with Crippen molar-refractivity contribution >= 4 is 11.7 Å². The zero-order valence-corrected chi connectivity index (χ0v) is 15.9. The minimum Gasteiger partial charge on any atom is -0.469 e. The molecule has 0 saturated carbocycles. The van der Waals surface area contributed by atoms with Crippen LogP contribution in [0.1, 0.15) is 56.6 Å². The first-order valence-electron chi connectivity index (χ1n) is 9.50. The molecule has 2 rings (SSSR count).